The van der Waals surface area contributed by atoms with E-state index in [0.29, 0.717) is 6.92 Å². The number of nitrogens with zero attached hydrogens (tertiary/aromatic N) is 3. The minimum Gasteiger partial charge on any atom is -0.350 e. The van der Waals surface area contributed by atoms with Gasteiger partial charge in [-0.25, -0.2) is 9.97 Å². The van der Waals surface area contributed by atoms with Gasteiger partial charge in [-0.1, -0.05) is 25.2 Å². The lowest BCUT2D eigenvalue weighted by atomic mass is 9.72. The molecule has 1 aromatic rings. The Morgan fingerprint density at radius 3 is 2.42 bits per heavy atom. The molecule has 0 fully saturated rings. The smallest absolute Gasteiger partial charge is 0.350 e. The van der Waals surface area contributed by atoms with Gasteiger partial charge >= 0.3 is 6.18 Å². The molecular formula is C18H21F3N4O. The highest BCUT2D eigenvalue weighted by molar-refractivity contribution is 5.69. The Bertz CT molecular complexity index is 737. The van der Waals surface area contributed by atoms with E-state index in [1.807, 2.05) is 25.2 Å². The van der Waals surface area contributed by atoms with Crippen LogP contribution in [0.2, 0.25) is 0 Å². The van der Waals surface area contributed by atoms with Gasteiger partial charge in [0.2, 0.25) is 5.60 Å². The predicted molar refractivity (Wildman–Crippen MR) is 90.4 cm³/mol. The zero-order valence-corrected chi connectivity index (χ0v) is 14.8. The molecule has 1 aliphatic carbocycles. The molecule has 1 heterocycles. The molecule has 0 aromatic carbocycles. The van der Waals surface area contributed by atoms with Gasteiger partial charge in [0.25, 0.3) is 0 Å². The van der Waals surface area contributed by atoms with E-state index in [1.165, 1.54) is 12.4 Å². The van der Waals surface area contributed by atoms with Crippen molar-refractivity contribution >= 4 is 5.57 Å². The third-order valence-corrected chi connectivity index (χ3v) is 4.70. The van der Waals surface area contributed by atoms with Gasteiger partial charge in [0.05, 0.1) is 6.61 Å². The quantitative estimate of drug-likeness (QED) is 0.865. The van der Waals surface area contributed by atoms with Crippen LogP contribution in [-0.2, 0) is 4.74 Å². The van der Waals surface area contributed by atoms with E-state index < -0.39 is 23.9 Å². The molecule has 0 saturated heterocycles. The van der Waals surface area contributed by atoms with Gasteiger partial charge in [0, 0.05) is 29.4 Å². The van der Waals surface area contributed by atoms with Gasteiger partial charge in [-0.05, 0) is 25.3 Å². The van der Waals surface area contributed by atoms with E-state index in [1.54, 1.807) is 19.3 Å². The number of halogens is 3. The summed E-state index contributed by atoms with van der Waals surface area (Å²) in [5, 5.41) is 8.90. The summed E-state index contributed by atoms with van der Waals surface area (Å²) in [4.78, 5) is 7.99. The summed E-state index contributed by atoms with van der Waals surface area (Å²) in [7, 11) is 0. The highest BCUT2D eigenvalue weighted by atomic mass is 19.4. The Morgan fingerprint density at radius 1 is 1.27 bits per heavy atom. The van der Waals surface area contributed by atoms with E-state index in [4.69, 9.17) is 15.7 Å². The van der Waals surface area contributed by atoms with E-state index in [9.17, 15) is 13.2 Å². The number of ether oxygens (including phenoxy) is 1. The first-order chi connectivity index (χ1) is 12.0. The number of hydrogen-bond acceptors (Lipinski definition) is 5. The van der Waals surface area contributed by atoms with E-state index in [-0.39, 0.29) is 11.8 Å². The normalized spacial score (nSPS) is 24.9. The van der Waals surface area contributed by atoms with Crippen LogP contribution in [0.3, 0.4) is 0 Å². The van der Waals surface area contributed by atoms with Crippen molar-refractivity contribution in [2.75, 3.05) is 6.61 Å². The molecule has 4 unspecified atom stereocenters. The fraction of sp³-hybridized carbons (Fsp3) is 0.500. The lowest BCUT2D eigenvalue weighted by molar-refractivity contribution is -0.251. The standard InChI is InChI=1S/C18H21F3N4O/c1-12-14(13-7-24-11-25-8-13)5-4-6-15(12)16(2,23)10-26-17(3,9-22)18(19,20)21/h4-8,11-12,15H,10,23H2,1-3H3. The average Bonchev–Trinajstić information content (AvgIpc) is 2.59. The zero-order valence-electron chi connectivity index (χ0n) is 14.8. The minimum atomic E-state index is -4.81. The van der Waals surface area contributed by atoms with Crippen LogP contribution >= 0.6 is 0 Å². The molecule has 0 amide bonds. The van der Waals surface area contributed by atoms with Crippen LogP contribution < -0.4 is 5.73 Å². The Hall–Kier alpha value is -2.24. The van der Waals surface area contributed by atoms with Crippen molar-refractivity contribution in [3.8, 4) is 6.07 Å². The van der Waals surface area contributed by atoms with Crippen LogP contribution in [0.25, 0.3) is 5.57 Å². The Labute approximate surface area is 150 Å². The number of rotatable bonds is 5. The third kappa shape index (κ3) is 3.94. The molecule has 0 radical (unpaired) electrons. The molecule has 0 aliphatic heterocycles. The Balaban J connectivity index is 2.18. The maximum atomic E-state index is 13.1. The van der Waals surface area contributed by atoms with Gasteiger partial charge in [0.1, 0.15) is 12.4 Å². The van der Waals surface area contributed by atoms with Crippen molar-refractivity contribution < 1.29 is 17.9 Å². The highest BCUT2D eigenvalue weighted by Gasteiger charge is 2.54. The summed E-state index contributed by atoms with van der Waals surface area (Å²) in [5.41, 5.74) is 4.06. The molecular weight excluding hydrogens is 345 g/mol. The van der Waals surface area contributed by atoms with Crippen molar-refractivity contribution in [3.63, 3.8) is 0 Å². The molecule has 0 spiro atoms. The minimum absolute atomic E-state index is 0.0937. The highest BCUT2D eigenvalue weighted by Crippen LogP contribution is 2.39. The number of alkyl halides is 3. The van der Waals surface area contributed by atoms with Gasteiger partial charge in [-0.3, -0.25) is 0 Å². The largest absolute Gasteiger partial charge is 0.430 e. The van der Waals surface area contributed by atoms with Gasteiger partial charge < -0.3 is 10.5 Å². The van der Waals surface area contributed by atoms with Gasteiger partial charge in [-0.2, -0.15) is 18.4 Å². The molecule has 8 heteroatoms. The summed E-state index contributed by atoms with van der Waals surface area (Å²) < 4.78 is 44.1. The molecule has 5 nitrogen and oxygen atoms in total. The first kappa shape index (κ1) is 20.1. The van der Waals surface area contributed by atoms with Crippen molar-refractivity contribution in [2.45, 2.75) is 38.1 Å². The summed E-state index contributed by atoms with van der Waals surface area (Å²) >= 11 is 0. The average molecular weight is 366 g/mol. The molecule has 0 bridgehead atoms. The lowest BCUT2D eigenvalue weighted by Crippen LogP contribution is -2.54. The molecule has 4 atom stereocenters. The Kier molecular flexibility index (Phi) is 5.54. The van der Waals surface area contributed by atoms with Crippen LogP contribution in [0.5, 0.6) is 0 Å². The SMILES string of the molecule is CC1C(c2cncnc2)=CC=CC1C(C)(N)COC(C)(C#N)C(F)(F)F. The first-order valence-corrected chi connectivity index (χ1v) is 8.06. The summed E-state index contributed by atoms with van der Waals surface area (Å²) in [6.07, 6.45) is 5.53. The Morgan fingerprint density at radius 2 is 1.88 bits per heavy atom. The number of allylic oxidation sites excluding steroid dienone is 3. The molecule has 1 aromatic heterocycles. The number of aromatic nitrogens is 2. The van der Waals surface area contributed by atoms with Crippen molar-refractivity contribution in [1.82, 2.24) is 9.97 Å². The monoisotopic (exact) mass is 366 g/mol. The van der Waals surface area contributed by atoms with Crippen LogP contribution in [0.1, 0.15) is 26.3 Å². The molecule has 2 N–H and O–H groups in total. The van der Waals surface area contributed by atoms with Crippen molar-refractivity contribution in [3.05, 3.63) is 42.5 Å². The second-order valence-corrected chi connectivity index (χ2v) is 6.89. The molecule has 2 rings (SSSR count). The topological polar surface area (TPSA) is 84.8 Å². The maximum absolute atomic E-state index is 13.1. The molecule has 1 aliphatic rings. The van der Waals surface area contributed by atoms with Crippen molar-refractivity contribution in [2.24, 2.45) is 17.6 Å². The van der Waals surface area contributed by atoms with Gasteiger partial charge in [0.15, 0.2) is 0 Å². The summed E-state index contributed by atoms with van der Waals surface area (Å²) in [6, 6.07) is 1.19. The fourth-order valence-corrected chi connectivity index (χ4v) is 2.96. The number of nitriles is 1. The lowest BCUT2D eigenvalue weighted by Gasteiger charge is -2.40. The van der Waals surface area contributed by atoms with Crippen LogP contribution in [0, 0.1) is 23.2 Å². The van der Waals surface area contributed by atoms with Crippen LogP contribution in [-0.4, -0.2) is 33.9 Å². The van der Waals surface area contributed by atoms with Crippen LogP contribution in [0.4, 0.5) is 13.2 Å². The summed E-state index contributed by atoms with van der Waals surface area (Å²) in [6.45, 7) is 3.84. The van der Waals surface area contributed by atoms with E-state index in [2.05, 4.69) is 9.97 Å². The second-order valence-electron chi connectivity index (χ2n) is 6.89. The zero-order chi connectivity index (χ0) is 19.6. The first-order valence-electron chi connectivity index (χ1n) is 8.06. The second kappa shape index (κ2) is 7.17. The van der Waals surface area contributed by atoms with Crippen molar-refractivity contribution in [1.29, 1.82) is 5.26 Å². The third-order valence-electron chi connectivity index (χ3n) is 4.70. The molecule has 140 valence electrons. The van der Waals surface area contributed by atoms with E-state index >= 15 is 0 Å². The molecule has 26 heavy (non-hydrogen) atoms. The number of nitrogens with two attached hydrogens (primary N) is 1. The predicted octanol–water partition coefficient (Wildman–Crippen LogP) is 3.26. The summed E-state index contributed by atoms with van der Waals surface area (Å²) in [5.74, 6) is -0.386. The maximum Gasteiger partial charge on any atom is 0.430 e. The van der Waals surface area contributed by atoms with Gasteiger partial charge in [-0.15, -0.1) is 0 Å². The van der Waals surface area contributed by atoms with E-state index in [0.717, 1.165) is 11.1 Å². The number of hydrogen-bond donors (Lipinski definition) is 1. The van der Waals surface area contributed by atoms with Crippen LogP contribution in [0.15, 0.2) is 36.9 Å². The molecule has 0 saturated carbocycles. The fourth-order valence-electron chi connectivity index (χ4n) is 2.96.